The lowest BCUT2D eigenvalue weighted by Crippen LogP contribution is -2.47. The highest BCUT2D eigenvalue weighted by atomic mass is 32.2. The second-order valence-corrected chi connectivity index (χ2v) is 30.1. The number of fused-ring (bicyclic) bond motifs is 2. The molecule has 2 aliphatic heterocycles. The lowest BCUT2D eigenvalue weighted by molar-refractivity contribution is 0.00859. The van der Waals surface area contributed by atoms with Crippen LogP contribution in [0.25, 0.3) is 33.4 Å². The molecule has 9 nitrogen and oxygen atoms in total. The number of pyridine rings is 1. The van der Waals surface area contributed by atoms with E-state index in [9.17, 15) is 4.21 Å². The van der Waals surface area contributed by atoms with Gasteiger partial charge in [0.1, 0.15) is 30.4 Å². The summed E-state index contributed by atoms with van der Waals surface area (Å²) in [6, 6.07) is 15.8. The van der Waals surface area contributed by atoms with Gasteiger partial charge in [-0.2, -0.15) is 4.36 Å². The zero-order valence-corrected chi connectivity index (χ0v) is 35.3. The van der Waals surface area contributed by atoms with Crippen molar-refractivity contribution >= 4 is 42.8 Å². The average Bonchev–Trinajstić information content (AvgIpc) is 3.72. The molecule has 53 heavy (non-hydrogen) atoms. The van der Waals surface area contributed by atoms with Crippen LogP contribution in [-0.2, 0) is 35.1 Å². The van der Waals surface area contributed by atoms with Crippen LogP contribution >= 0.6 is 0 Å². The highest BCUT2D eigenvalue weighted by Crippen LogP contribution is 2.41. The molecule has 0 amide bonds. The molecule has 0 unspecified atom stereocenters. The van der Waals surface area contributed by atoms with Gasteiger partial charge in [-0.25, -0.2) is 18.0 Å². The monoisotopic (exact) mass is 785 g/mol. The van der Waals surface area contributed by atoms with Gasteiger partial charge in [0.2, 0.25) is 0 Å². The maximum Gasteiger partial charge on any atom is 0.198 e. The fourth-order valence-electron chi connectivity index (χ4n) is 6.28. The fraction of sp³-hybridized carbons (Fsp3) is 0.513. The van der Waals surface area contributed by atoms with Gasteiger partial charge in [-0.3, -0.25) is 4.57 Å². The van der Waals surface area contributed by atoms with E-state index in [1.165, 1.54) is 18.2 Å². The van der Waals surface area contributed by atoms with Crippen molar-refractivity contribution in [2.75, 3.05) is 32.3 Å². The molecule has 4 aromatic rings. The molecule has 2 fully saturated rings. The lowest BCUT2D eigenvalue weighted by atomic mass is 10.0. The first kappa shape index (κ1) is 39.7. The summed E-state index contributed by atoms with van der Waals surface area (Å²) in [7, 11) is -5.73. The Morgan fingerprint density at radius 2 is 1.55 bits per heavy atom. The number of benzene rings is 2. The van der Waals surface area contributed by atoms with Crippen molar-refractivity contribution in [3.8, 4) is 28.3 Å². The van der Waals surface area contributed by atoms with E-state index >= 15 is 8.78 Å². The fourth-order valence-corrected chi connectivity index (χ4v) is 8.98. The van der Waals surface area contributed by atoms with E-state index in [0.29, 0.717) is 48.0 Å². The lowest BCUT2D eigenvalue weighted by Gasteiger charge is -2.39. The normalized spacial score (nSPS) is 21.0. The molecular formula is C39H53F2N3O6SSi2. The number of aromatic nitrogens is 2. The van der Waals surface area contributed by atoms with Crippen molar-refractivity contribution in [3.05, 3.63) is 66.2 Å². The molecule has 14 heteroatoms. The third kappa shape index (κ3) is 9.12. The first-order valence-electron chi connectivity index (χ1n) is 18.1. The smallest absolute Gasteiger partial charge is 0.198 e. The van der Waals surface area contributed by atoms with Crippen LogP contribution in [0.15, 0.2) is 59.0 Å². The second kappa shape index (κ2) is 14.9. The molecule has 0 aliphatic carbocycles. The van der Waals surface area contributed by atoms with Gasteiger partial charge in [0.15, 0.2) is 26.1 Å². The summed E-state index contributed by atoms with van der Waals surface area (Å²) in [5, 5.41) is 0.0447. The van der Waals surface area contributed by atoms with Crippen LogP contribution in [0.5, 0.6) is 5.88 Å². The molecular weight excluding hydrogens is 733 g/mol. The quantitative estimate of drug-likeness (QED) is 0.104. The zero-order chi connectivity index (χ0) is 38.5. The Morgan fingerprint density at radius 3 is 2.17 bits per heavy atom. The Labute approximate surface area is 314 Å². The van der Waals surface area contributed by atoms with Crippen LogP contribution in [0, 0.1) is 11.6 Å². The molecule has 6 rings (SSSR count). The standard InChI is InChI=1S/C39H53F2N3O6SSi2/c1-39(2,3)53(9,10)50-34-23-48-37-33(22-47-38(34)37)49-35-21-31-32(44(35)24-46-17-18-52(6,7)8)20-30(41)36(42-31)28-16-13-26(19-29(28)40)25-11-14-27(15-12-25)43-51(4,5)45/h11-16,19-21,33-34,37-38H,17-18,22-24H2,1-10H3/t33-,34-,37-,38-/m1/s1. The Morgan fingerprint density at radius 1 is 0.906 bits per heavy atom. The molecule has 0 spiro atoms. The molecule has 4 heterocycles. The topological polar surface area (TPSA) is 93.4 Å². The Balaban J connectivity index is 1.27. The van der Waals surface area contributed by atoms with Gasteiger partial charge >= 0.3 is 0 Å². The third-order valence-electron chi connectivity index (χ3n) is 10.3. The number of hydrogen-bond acceptors (Lipinski definition) is 8. The number of ether oxygens (including phenoxy) is 4. The minimum absolute atomic E-state index is 0.0391. The summed E-state index contributed by atoms with van der Waals surface area (Å²) >= 11 is 0. The molecule has 2 aromatic heterocycles. The van der Waals surface area contributed by atoms with E-state index in [4.69, 9.17) is 23.4 Å². The SMILES string of the molecule is CC(C)(C)[Si](C)(C)O[C@@H]1CO[C@H]2[C@@H]1OC[C@H]2Oc1cc2nc(-c3ccc(-c4ccc(N=S(C)(C)=O)cc4)cc3F)c(F)cc2n1COCC[Si](C)(C)C. The molecule has 2 aliphatic rings. The van der Waals surface area contributed by atoms with Gasteiger partial charge < -0.3 is 23.4 Å². The molecule has 0 saturated carbocycles. The first-order chi connectivity index (χ1) is 24.7. The van der Waals surface area contributed by atoms with Crippen LogP contribution in [0.1, 0.15) is 20.8 Å². The largest absolute Gasteiger partial charge is 0.470 e. The zero-order valence-electron chi connectivity index (χ0n) is 32.5. The Kier molecular flexibility index (Phi) is 11.2. The van der Waals surface area contributed by atoms with E-state index in [0.717, 1.165) is 11.6 Å². The average molecular weight is 786 g/mol. The van der Waals surface area contributed by atoms with E-state index in [1.807, 2.05) is 0 Å². The maximum absolute atomic E-state index is 16.0. The summed E-state index contributed by atoms with van der Waals surface area (Å²) in [5.74, 6) is -0.837. The minimum atomic E-state index is -2.31. The summed E-state index contributed by atoms with van der Waals surface area (Å²) in [5.41, 5.74) is 2.78. The second-order valence-electron chi connectivity index (χ2n) is 17.2. The van der Waals surface area contributed by atoms with Crippen molar-refractivity contribution < 1.29 is 36.4 Å². The minimum Gasteiger partial charge on any atom is -0.470 e. The summed E-state index contributed by atoms with van der Waals surface area (Å²) in [6.45, 7) is 19.3. The van der Waals surface area contributed by atoms with Crippen molar-refractivity contribution in [1.82, 2.24) is 9.55 Å². The maximum atomic E-state index is 16.0. The highest BCUT2D eigenvalue weighted by Gasteiger charge is 2.52. The molecule has 2 aromatic carbocycles. The number of hydrogen-bond donors (Lipinski definition) is 0. The van der Waals surface area contributed by atoms with Crippen LogP contribution in [0.4, 0.5) is 14.5 Å². The number of halogens is 2. The van der Waals surface area contributed by atoms with Crippen LogP contribution in [0.2, 0.25) is 43.8 Å². The van der Waals surface area contributed by atoms with Crippen molar-refractivity contribution in [2.24, 2.45) is 4.36 Å². The predicted octanol–water partition coefficient (Wildman–Crippen LogP) is 9.26. The van der Waals surface area contributed by atoms with Crippen LogP contribution < -0.4 is 4.74 Å². The van der Waals surface area contributed by atoms with Crippen molar-refractivity contribution in [3.63, 3.8) is 0 Å². The Bertz CT molecular complexity index is 2080. The molecule has 0 radical (unpaired) electrons. The van der Waals surface area contributed by atoms with Crippen LogP contribution in [-0.4, -0.2) is 86.9 Å². The molecule has 4 atom stereocenters. The summed E-state index contributed by atoms with van der Waals surface area (Å²) in [6.07, 6.45) is 1.93. The molecule has 0 N–H and O–H groups in total. The molecule has 2 saturated heterocycles. The predicted molar refractivity (Wildman–Crippen MR) is 213 cm³/mol. The van der Waals surface area contributed by atoms with Crippen molar-refractivity contribution in [1.29, 1.82) is 0 Å². The highest BCUT2D eigenvalue weighted by molar-refractivity contribution is 7.92. The molecule has 0 bridgehead atoms. The van der Waals surface area contributed by atoms with E-state index in [2.05, 4.69) is 62.9 Å². The summed E-state index contributed by atoms with van der Waals surface area (Å²) < 4.78 is 81.6. The van der Waals surface area contributed by atoms with Gasteiger partial charge in [-0.05, 0) is 59.6 Å². The van der Waals surface area contributed by atoms with Gasteiger partial charge in [-0.1, -0.05) is 58.6 Å². The Hall–Kier alpha value is -2.99. The van der Waals surface area contributed by atoms with E-state index in [1.54, 1.807) is 53.5 Å². The number of nitrogens with zero attached hydrogens (tertiary/aromatic N) is 3. The van der Waals surface area contributed by atoms with E-state index in [-0.39, 0.29) is 41.3 Å². The molecule has 288 valence electrons. The number of rotatable bonds is 12. The third-order valence-corrected chi connectivity index (χ3v) is 17.1. The van der Waals surface area contributed by atoms with E-state index < -0.39 is 43.9 Å². The first-order valence-corrected chi connectivity index (χ1v) is 27.1. The van der Waals surface area contributed by atoms with Gasteiger partial charge in [-0.15, -0.1) is 0 Å². The van der Waals surface area contributed by atoms with Crippen molar-refractivity contribution in [2.45, 2.75) is 95.7 Å². The van der Waals surface area contributed by atoms with Crippen LogP contribution in [0.3, 0.4) is 0 Å². The summed E-state index contributed by atoms with van der Waals surface area (Å²) in [4.78, 5) is 4.64. The van der Waals surface area contributed by atoms with Gasteiger partial charge in [0.25, 0.3) is 0 Å². The van der Waals surface area contributed by atoms with Gasteiger partial charge in [0, 0.05) is 54.6 Å². The van der Waals surface area contributed by atoms with Gasteiger partial charge in [0.05, 0.1) is 36.0 Å².